The molecule has 0 aromatic heterocycles. The van der Waals surface area contributed by atoms with Crippen molar-refractivity contribution in [2.75, 3.05) is 19.0 Å². The molecule has 1 aliphatic carbocycles. The Kier molecular flexibility index (Phi) is 5.30. The van der Waals surface area contributed by atoms with Crippen molar-refractivity contribution in [3.63, 3.8) is 0 Å². The van der Waals surface area contributed by atoms with E-state index in [9.17, 15) is 4.79 Å². The number of rotatable bonds is 3. The van der Waals surface area contributed by atoms with Gasteiger partial charge in [-0.15, -0.1) is 11.6 Å². The van der Waals surface area contributed by atoms with Crippen molar-refractivity contribution in [2.24, 2.45) is 0 Å². The molecule has 1 amide bonds. The van der Waals surface area contributed by atoms with E-state index in [0.717, 1.165) is 31.4 Å². The lowest BCUT2D eigenvalue weighted by Crippen LogP contribution is -2.40. The second kappa shape index (κ2) is 6.98. The monoisotopic (exact) mass is 294 g/mol. The van der Waals surface area contributed by atoms with Gasteiger partial charge in [0.2, 0.25) is 0 Å². The Morgan fingerprint density at radius 1 is 1.15 bits per heavy atom. The van der Waals surface area contributed by atoms with Crippen molar-refractivity contribution < 1.29 is 4.79 Å². The minimum atomic E-state index is -0.0205. The van der Waals surface area contributed by atoms with E-state index >= 15 is 0 Å². The number of anilines is 1. The summed E-state index contributed by atoms with van der Waals surface area (Å²) in [5.74, 6) is -0.0205. The van der Waals surface area contributed by atoms with Gasteiger partial charge in [0, 0.05) is 31.4 Å². The molecule has 1 aromatic rings. The number of carbonyl (C=O) groups is 1. The van der Waals surface area contributed by atoms with Gasteiger partial charge in [0.1, 0.15) is 0 Å². The van der Waals surface area contributed by atoms with Crippen molar-refractivity contribution >= 4 is 23.2 Å². The first-order valence-corrected chi connectivity index (χ1v) is 7.74. The number of hydrogen-bond acceptors (Lipinski definition) is 2. The normalized spacial score (nSPS) is 22.9. The number of alkyl halides is 1. The summed E-state index contributed by atoms with van der Waals surface area (Å²) in [6, 6.07) is 7.75. The molecule has 1 N–H and O–H groups in total. The molecule has 0 radical (unpaired) electrons. The molecule has 1 aliphatic rings. The third-order valence-electron chi connectivity index (χ3n) is 3.89. The van der Waals surface area contributed by atoms with E-state index in [1.54, 1.807) is 0 Å². The molecule has 20 heavy (non-hydrogen) atoms. The Labute approximate surface area is 126 Å². The van der Waals surface area contributed by atoms with Crippen LogP contribution in [0.3, 0.4) is 0 Å². The summed E-state index contributed by atoms with van der Waals surface area (Å²) in [6.07, 6.45) is 5.50. The molecule has 0 heterocycles. The van der Waals surface area contributed by atoms with E-state index in [2.05, 4.69) is 5.32 Å². The second-order valence-corrected chi connectivity index (χ2v) is 6.24. The number of carbonyl (C=O) groups excluding carboxylic acids is 1. The van der Waals surface area contributed by atoms with Gasteiger partial charge in [-0.05, 0) is 37.1 Å². The Balaban J connectivity index is 1.99. The SMILES string of the molecule is CN(C)c1ccc(C(=O)NC2CCCCCC2Cl)cc1. The number of halogens is 1. The first kappa shape index (κ1) is 15.2. The van der Waals surface area contributed by atoms with Crippen molar-refractivity contribution in [3.05, 3.63) is 29.8 Å². The molecule has 4 heteroatoms. The van der Waals surface area contributed by atoms with Crippen LogP contribution in [-0.4, -0.2) is 31.4 Å². The van der Waals surface area contributed by atoms with Gasteiger partial charge >= 0.3 is 0 Å². The van der Waals surface area contributed by atoms with Crippen LogP contribution in [0, 0.1) is 0 Å². The molecule has 1 aromatic carbocycles. The summed E-state index contributed by atoms with van der Waals surface area (Å²) in [7, 11) is 3.97. The highest BCUT2D eigenvalue weighted by molar-refractivity contribution is 6.21. The van der Waals surface area contributed by atoms with Gasteiger partial charge in [0.25, 0.3) is 5.91 Å². The third-order valence-corrected chi connectivity index (χ3v) is 4.42. The van der Waals surface area contributed by atoms with Gasteiger partial charge in [0.15, 0.2) is 0 Å². The number of nitrogens with one attached hydrogen (secondary N) is 1. The fraction of sp³-hybridized carbons (Fsp3) is 0.562. The Morgan fingerprint density at radius 3 is 2.45 bits per heavy atom. The van der Waals surface area contributed by atoms with E-state index in [-0.39, 0.29) is 17.3 Å². The van der Waals surface area contributed by atoms with E-state index in [0.29, 0.717) is 5.56 Å². The van der Waals surface area contributed by atoms with Crippen LogP contribution in [0.2, 0.25) is 0 Å². The van der Waals surface area contributed by atoms with Crippen molar-refractivity contribution in [2.45, 2.75) is 43.5 Å². The largest absolute Gasteiger partial charge is 0.378 e. The quantitative estimate of drug-likeness (QED) is 0.684. The summed E-state index contributed by atoms with van der Waals surface area (Å²) in [4.78, 5) is 14.3. The zero-order chi connectivity index (χ0) is 14.5. The van der Waals surface area contributed by atoms with E-state index in [4.69, 9.17) is 11.6 Å². The summed E-state index contributed by atoms with van der Waals surface area (Å²) in [5, 5.41) is 3.15. The minimum absolute atomic E-state index is 0.0205. The number of benzene rings is 1. The van der Waals surface area contributed by atoms with Crippen LogP contribution in [0.5, 0.6) is 0 Å². The van der Waals surface area contributed by atoms with Gasteiger partial charge in [-0.1, -0.05) is 19.3 Å². The fourth-order valence-electron chi connectivity index (χ4n) is 2.59. The van der Waals surface area contributed by atoms with Crippen LogP contribution in [-0.2, 0) is 0 Å². The van der Waals surface area contributed by atoms with E-state index < -0.39 is 0 Å². The predicted molar refractivity (Wildman–Crippen MR) is 84.7 cm³/mol. The maximum atomic E-state index is 12.3. The van der Waals surface area contributed by atoms with E-state index in [1.807, 2.05) is 43.3 Å². The molecule has 0 saturated heterocycles. The van der Waals surface area contributed by atoms with Crippen LogP contribution in [0.4, 0.5) is 5.69 Å². The fourth-order valence-corrected chi connectivity index (χ4v) is 2.93. The molecule has 1 fully saturated rings. The van der Waals surface area contributed by atoms with Crippen LogP contribution in [0.1, 0.15) is 42.5 Å². The molecule has 2 atom stereocenters. The Morgan fingerprint density at radius 2 is 1.80 bits per heavy atom. The third kappa shape index (κ3) is 3.89. The maximum Gasteiger partial charge on any atom is 0.251 e. The van der Waals surface area contributed by atoms with Crippen LogP contribution in [0.25, 0.3) is 0 Å². The molecule has 0 spiro atoms. The number of nitrogens with zero attached hydrogens (tertiary/aromatic N) is 1. The summed E-state index contributed by atoms with van der Waals surface area (Å²) >= 11 is 6.36. The smallest absolute Gasteiger partial charge is 0.251 e. The van der Waals surface area contributed by atoms with Gasteiger partial charge in [-0.2, -0.15) is 0 Å². The lowest BCUT2D eigenvalue weighted by molar-refractivity contribution is 0.0934. The molecular formula is C16H23ClN2O. The molecular weight excluding hydrogens is 272 g/mol. The van der Waals surface area contributed by atoms with Crippen LogP contribution < -0.4 is 10.2 Å². The molecule has 0 aliphatic heterocycles. The van der Waals surface area contributed by atoms with Gasteiger partial charge in [0.05, 0.1) is 5.38 Å². The van der Waals surface area contributed by atoms with Crippen molar-refractivity contribution in [3.8, 4) is 0 Å². The molecule has 3 nitrogen and oxygen atoms in total. The molecule has 0 bridgehead atoms. The molecule has 110 valence electrons. The van der Waals surface area contributed by atoms with Crippen molar-refractivity contribution in [1.82, 2.24) is 5.32 Å². The lowest BCUT2D eigenvalue weighted by Gasteiger charge is -2.21. The Bertz CT molecular complexity index is 444. The highest BCUT2D eigenvalue weighted by Gasteiger charge is 2.23. The molecule has 2 unspecified atom stereocenters. The predicted octanol–water partition coefficient (Wildman–Crippen LogP) is 3.42. The molecule has 2 rings (SSSR count). The highest BCUT2D eigenvalue weighted by Crippen LogP contribution is 2.22. The summed E-state index contributed by atoms with van der Waals surface area (Å²) in [5.41, 5.74) is 1.79. The topological polar surface area (TPSA) is 32.3 Å². The van der Waals surface area contributed by atoms with Gasteiger partial charge in [-0.3, -0.25) is 4.79 Å². The zero-order valence-electron chi connectivity index (χ0n) is 12.2. The minimum Gasteiger partial charge on any atom is -0.378 e. The molecule has 1 saturated carbocycles. The standard InChI is InChI=1S/C16H23ClN2O/c1-19(2)13-10-8-12(9-11-13)16(20)18-15-7-5-3-4-6-14(15)17/h8-11,14-15H,3-7H2,1-2H3,(H,18,20). The van der Waals surface area contributed by atoms with Crippen LogP contribution >= 0.6 is 11.6 Å². The van der Waals surface area contributed by atoms with Crippen LogP contribution in [0.15, 0.2) is 24.3 Å². The average molecular weight is 295 g/mol. The van der Waals surface area contributed by atoms with Gasteiger partial charge in [-0.25, -0.2) is 0 Å². The summed E-state index contributed by atoms with van der Waals surface area (Å²) < 4.78 is 0. The number of hydrogen-bond donors (Lipinski definition) is 1. The van der Waals surface area contributed by atoms with Gasteiger partial charge < -0.3 is 10.2 Å². The second-order valence-electron chi connectivity index (χ2n) is 5.68. The summed E-state index contributed by atoms with van der Waals surface area (Å²) in [6.45, 7) is 0. The lowest BCUT2D eigenvalue weighted by atomic mass is 10.1. The first-order valence-electron chi connectivity index (χ1n) is 7.30. The van der Waals surface area contributed by atoms with E-state index in [1.165, 1.54) is 6.42 Å². The maximum absolute atomic E-state index is 12.3. The Hall–Kier alpha value is -1.22. The first-order chi connectivity index (χ1) is 9.58. The number of amides is 1. The zero-order valence-corrected chi connectivity index (χ0v) is 13.0. The van der Waals surface area contributed by atoms with Crippen molar-refractivity contribution in [1.29, 1.82) is 0 Å². The highest BCUT2D eigenvalue weighted by atomic mass is 35.5. The average Bonchev–Trinajstić information content (AvgIpc) is 2.64.